The highest BCUT2D eigenvalue weighted by Crippen LogP contribution is 2.37. The maximum Gasteiger partial charge on any atom is 0.419 e. The summed E-state index contributed by atoms with van der Waals surface area (Å²) in [4.78, 5) is 5.34. The third-order valence-corrected chi connectivity index (χ3v) is 3.27. The highest BCUT2D eigenvalue weighted by atomic mass is 79.9. The van der Waals surface area contributed by atoms with E-state index in [4.69, 9.17) is 0 Å². The lowest BCUT2D eigenvalue weighted by Crippen LogP contribution is -2.39. The molecule has 1 aliphatic rings. The van der Waals surface area contributed by atoms with Crippen LogP contribution in [0.1, 0.15) is 18.4 Å². The minimum atomic E-state index is -4.45. The highest BCUT2D eigenvalue weighted by molar-refractivity contribution is 9.10. The largest absolute Gasteiger partial charge is 0.419 e. The molecule has 1 aromatic rings. The van der Waals surface area contributed by atoms with Gasteiger partial charge in [0.1, 0.15) is 5.82 Å². The van der Waals surface area contributed by atoms with Gasteiger partial charge in [0.2, 0.25) is 0 Å². The summed E-state index contributed by atoms with van der Waals surface area (Å²) in [5.41, 5.74) is -0.772. The molecule has 0 aliphatic carbocycles. The van der Waals surface area contributed by atoms with Crippen molar-refractivity contribution in [2.75, 3.05) is 18.0 Å². The summed E-state index contributed by atoms with van der Waals surface area (Å²) in [5, 5.41) is 9.53. The van der Waals surface area contributed by atoms with Crippen LogP contribution in [0.5, 0.6) is 0 Å². The van der Waals surface area contributed by atoms with E-state index in [0.717, 1.165) is 6.07 Å². The standard InChI is InChI=1S/C11H12BrF3N2O/c12-7-4-9(11(13,14)15)10(16-5-7)17-3-1-2-8(18)6-17/h4-5,8,18H,1-3,6H2/t8-/m0/s1. The number of aliphatic hydroxyl groups excluding tert-OH is 1. The van der Waals surface area contributed by atoms with Crippen molar-refractivity contribution in [1.29, 1.82) is 0 Å². The normalized spacial score (nSPS) is 21.2. The van der Waals surface area contributed by atoms with Crippen LogP contribution in [0.4, 0.5) is 19.0 Å². The number of pyridine rings is 1. The first-order valence-corrected chi connectivity index (χ1v) is 6.33. The van der Waals surface area contributed by atoms with Crippen LogP contribution >= 0.6 is 15.9 Å². The number of aromatic nitrogens is 1. The Morgan fingerprint density at radius 3 is 2.78 bits per heavy atom. The van der Waals surface area contributed by atoms with E-state index in [1.54, 1.807) is 0 Å². The molecular formula is C11H12BrF3N2O. The van der Waals surface area contributed by atoms with E-state index < -0.39 is 17.8 Å². The van der Waals surface area contributed by atoms with E-state index in [1.807, 2.05) is 0 Å². The van der Waals surface area contributed by atoms with Crippen molar-refractivity contribution in [3.8, 4) is 0 Å². The fourth-order valence-electron chi connectivity index (χ4n) is 2.04. The van der Waals surface area contributed by atoms with Gasteiger partial charge < -0.3 is 10.0 Å². The van der Waals surface area contributed by atoms with Gasteiger partial charge in [0.25, 0.3) is 0 Å². The third kappa shape index (κ3) is 2.95. The Balaban J connectivity index is 2.37. The van der Waals surface area contributed by atoms with Gasteiger partial charge in [-0.1, -0.05) is 0 Å². The Morgan fingerprint density at radius 2 is 2.17 bits per heavy atom. The van der Waals surface area contributed by atoms with Crippen molar-refractivity contribution in [3.63, 3.8) is 0 Å². The predicted molar refractivity (Wildman–Crippen MR) is 64.4 cm³/mol. The van der Waals surface area contributed by atoms with Gasteiger partial charge in [-0.3, -0.25) is 0 Å². The Hall–Kier alpha value is -0.820. The number of aliphatic hydroxyl groups is 1. The molecule has 0 radical (unpaired) electrons. The van der Waals surface area contributed by atoms with Crippen LogP contribution in [0.25, 0.3) is 0 Å². The molecule has 0 saturated carbocycles. The number of β-amino-alcohol motifs (C(OH)–C–C–N with tert-alkyl or cyclic N) is 1. The maximum absolute atomic E-state index is 12.9. The molecule has 7 heteroatoms. The number of nitrogens with zero attached hydrogens (tertiary/aromatic N) is 2. The van der Waals surface area contributed by atoms with Gasteiger partial charge in [0.15, 0.2) is 0 Å². The maximum atomic E-state index is 12.9. The average Bonchev–Trinajstić information content (AvgIpc) is 2.27. The van der Waals surface area contributed by atoms with Gasteiger partial charge in [-0.2, -0.15) is 13.2 Å². The molecule has 1 aliphatic heterocycles. The van der Waals surface area contributed by atoms with Crippen LogP contribution < -0.4 is 4.90 Å². The van der Waals surface area contributed by atoms with Crippen LogP contribution in [0.3, 0.4) is 0 Å². The lowest BCUT2D eigenvalue weighted by atomic mass is 10.1. The van der Waals surface area contributed by atoms with Crippen LogP contribution in [0, 0.1) is 0 Å². The van der Waals surface area contributed by atoms with Crippen molar-refractivity contribution < 1.29 is 18.3 Å². The van der Waals surface area contributed by atoms with Crippen LogP contribution in [-0.2, 0) is 6.18 Å². The fraction of sp³-hybridized carbons (Fsp3) is 0.545. The summed E-state index contributed by atoms with van der Waals surface area (Å²) in [5.74, 6) is -0.107. The van der Waals surface area contributed by atoms with Crippen LogP contribution in [0.2, 0.25) is 0 Å². The molecule has 1 atom stereocenters. The Morgan fingerprint density at radius 1 is 1.44 bits per heavy atom. The SMILES string of the molecule is O[C@H]1CCCN(c2ncc(Br)cc2C(F)(F)F)C1. The number of piperidine rings is 1. The molecule has 0 spiro atoms. The Labute approximate surface area is 111 Å². The number of anilines is 1. The lowest BCUT2D eigenvalue weighted by molar-refractivity contribution is -0.137. The zero-order chi connectivity index (χ0) is 13.3. The van der Waals surface area contributed by atoms with Crippen molar-refractivity contribution in [1.82, 2.24) is 4.98 Å². The first kappa shape index (κ1) is 13.6. The van der Waals surface area contributed by atoms with Crippen molar-refractivity contribution in [2.45, 2.75) is 25.1 Å². The molecule has 0 bridgehead atoms. The smallest absolute Gasteiger partial charge is 0.391 e. The molecule has 3 nitrogen and oxygen atoms in total. The van der Waals surface area contributed by atoms with Crippen molar-refractivity contribution in [3.05, 3.63) is 22.3 Å². The zero-order valence-electron chi connectivity index (χ0n) is 9.41. The van der Waals surface area contributed by atoms with E-state index in [2.05, 4.69) is 20.9 Å². The minimum Gasteiger partial charge on any atom is -0.391 e. The van der Waals surface area contributed by atoms with E-state index in [1.165, 1.54) is 11.1 Å². The monoisotopic (exact) mass is 324 g/mol. The molecule has 0 amide bonds. The van der Waals surface area contributed by atoms with Crippen LogP contribution in [0.15, 0.2) is 16.7 Å². The summed E-state index contributed by atoms with van der Waals surface area (Å²) in [7, 11) is 0. The fourth-order valence-corrected chi connectivity index (χ4v) is 2.37. The van der Waals surface area contributed by atoms with Crippen LogP contribution in [-0.4, -0.2) is 29.3 Å². The summed E-state index contributed by atoms with van der Waals surface area (Å²) in [6.45, 7) is 0.673. The molecular weight excluding hydrogens is 313 g/mol. The van der Waals surface area contributed by atoms with Gasteiger partial charge in [-0.05, 0) is 34.8 Å². The summed E-state index contributed by atoms with van der Waals surface area (Å²) >= 11 is 2.99. The zero-order valence-corrected chi connectivity index (χ0v) is 11.0. The summed E-state index contributed by atoms with van der Waals surface area (Å²) in [6.07, 6.45) is -2.42. The topological polar surface area (TPSA) is 36.4 Å². The molecule has 2 heterocycles. The third-order valence-electron chi connectivity index (χ3n) is 2.83. The summed E-state index contributed by atoms with van der Waals surface area (Å²) < 4.78 is 39.1. The van der Waals surface area contributed by atoms with E-state index in [0.29, 0.717) is 19.4 Å². The molecule has 0 aromatic carbocycles. The van der Waals surface area contributed by atoms with Gasteiger partial charge in [-0.25, -0.2) is 4.98 Å². The minimum absolute atomic E-state index is 0.107. The molecule has 1 saturated heterocycles. The first-order valence-electron chi connectivity index (χ1n) is 5.53. The van der Waals surface area contributed by atoms with Gasteiger partial charge in [-0.15, -0.1) is 0 Å². The molecule has 18 heavy (non-hydrogen) atoms. The predicted octanol–water partition coefficient (Wildman–Crippen LogP) is 2.82. The molecule has 100 valence electrons. The number of halogens is 4. The highest BCUT2D eigenvalue weighted by Gasteiger charge is 2.37. The average molecular weight is 325 g/mol. The molecule has 1 aromatic heterocycles. The molecule has 0 unspecified atom stereocenters. The molecule has 2 rings (SSSR count). The van der Waals surface area contributed by atoms with Gasteiger partial charge in [0.05, 0.1) is 11.7 Å². The number of rotatable bonds is 1. The Bertz CT molecular complexity index is 439. The van der Waals surface area contributed by atoms with E-state index >= 15 is 0 Å². The summed E-state index contributed by atoms with van der Waals surface area (Å²) in [6, 6.07) is 1.02. The lowest BCUT2D eigenvalue weighted by Gasteiger charge is -2.32. The molecule has 1 N–H and O–H groups in total. The van der Waals surface area contributed by atoms with E-state index in [-0.39, 0.29) is 16.8 Å². The quantitative estimate of drug-likeness (QED) is 0.863. The number of alkyl halides is 3. The second kappa shape index (κ2) is 5.05. The molecule has 1 fully saturated rings. The van der Waals surface area contributed by atoms with E-state index in [9.17, 15) is 18.3 Å². The van der Waals surface area contributed by atoms with Crippen molar-refractivity contribution in [2.24, 2.45) is 0 Å². The van der Waals surface area contributed by atoms with Gasteiger partial charge in [0, 0.05) is 23.8 Å². The number of hydrogen-bond acceptors (Lipinski definition) is 3. The number of hydrogen-bond donors (Lipinski definition) is 1. The second-order valence-corrected chi connectivity index (χ2v) is 5.18. The second-order valence-electron chi connectivity index (χ2n) is 4.26. The van der Waals surface area contributed by atoms with Crippen molar-refractivity contribution >= 4 is 21.7 Å². The first-order chi connectivity index (χ1) is 8.38. The Kier molecular flexibility index (Phi) is 3.82. The van der Waals surface area contributed by atoms with Gasteiger partial charge >= 0.3 is 6.18 Å².